The molecule has 6 heteroatoms. The summed E-state index contributed by atoms with van der Waals surface area (Å²) in [6, 6.07) is 6.87. The van der Waals surface area contributed by atoms with Crippen molar-refractivity contribution >= 4 is 11.6 Å². The van der Waals surface area contributed by atoms with E-state index in [1.807, 2.05) is 0 Å². The summed E-state index contributed by atoms with van der Waals surface area (Å²) < 4.78 is 38.8. The van der Waals surface area contributed by atoms with Crippen LogP contribution in [0.2, 0.25) is 0 Å². The summed E-state index contributed by atoms with van der Waals surface area (Å²) in [5.74, 6) is -0.628. The van der Waals surface area contributed by atoms with Crippen LogP contribution in [0.15, 0.2) is 55.4 Å². The molecule has 3 rings (SSSR count). The van der Waals surface area contributed by atoms with Gasteiger partial charge in [0, 0.05) is 30.4 Å². The monoisotopic (exact) mass is 318 g/mol. The highest BCUT2D eigenvalue weighted by atomic mass is 19.4. The molecule has 2 heterocycles. The van der Waals surface area contributed by atoms with E-state index in [9.17, 15) is 18.0 Å². The summed E-state index contributed by atoms with van der Waals surface area (Å²) in [4.78, 5) is 17.5. The van der Waals surface area contributed by atoms with Crippen LogP contribution in [0.25, 0.3) is 0 Å². The van der Waals surface area contributed by atoms with E-state index in [0.29, 0.717) is 11.3 Å². The maximum atomic E-state index is 12.9. The van der Waals surface area contributed by atoms with Gasteiger partial charge in [-0.05, 0) is 23.8 Å². The Kier molecular flexibility index (Phi) is 3.67. The van der Waals surface area contributed by atoms with Crippen LogP contribution in [0.5, 0.6) is 0 Å². The minimum absolute atomic E-state index is 0.271. The lowest BCUT2D eigenvalue weighted by atomic mass is 9.93. The number of halogens is 3. The molecule has 3 nitrogen and oxygen atoms in total. The maximum Gasteiger partial charge on any atom is 0.416 e. The average Bonchev–Trinajstić information content (AvgIpc) is 2.93. The number of fused-ring (bicyclic) bond motifs is 1. The molecular formula is C17H13F3N2O. The predicted octanol–water partition coefficient (Wildman–Crippen LogP) is 3.76. The van der Waals surface area contributed by atoms with Gasteiger partial charge in [-0.2, -0.15) is 13.2 Å². The van der Waals surface area contributed by atoms with Crippen LogP contribution in [0.3, 0.4) is 0 Å². The van der Waals surface area contributed by atoms with E-state index in [0.717, 1.165) is 17.7 Å². The van der Waals surface area contributed by atoms with E-state index in [4.69, 9.17) is 0 Å². The predicted molar refractivity (Wildman–Crippen MR) is 80.1 cm³/mol. The third-order valence-corrected chi connectivity index (χ3v) is 3.92. The highest BCUT2D eigenvalue weighted by Gasteiger charge is 2.35. The molecule has 1 aliphatic rings. The standard InChI is InChI=1S/C17H13F3N2O/c1-2-16(23)22-10-14(13-9-21-7-6-15(13)22)11-4-3-5-12(8-11)17(18,19)20/h2-9,14H,1,10H2. The van der Waals surface area contributed by atoms with Gasteiger partial charge in [-0.25, -0.2) is 0 Å². The molecule has 1 aromatic heterocycles. The van der Waals surface area contributed by atoms with E-state index in [2.05, 4.69) is 11.6 Å². The summed E-state index contributed by atoms with van der Waals surface area (Å²) in [5.41, 5.74) is 1.21. The molecule has 1 atom stereocenters. The Morgan fingerprint density at radius 1 is 1.35 bits per heavy atom. The van der Waals surface area contributed by atoms with Crippen LogP contribution in [0, 0.1) is 0 Å². The molecular weight excluding hydrogens is 305 g/mol. The number of carbonyl (C=O) groups is 1. The van der Waals surface area contributed by atoms with Crippen molar-refractivity contribution in [2.75, 3.05) is 11.4 Å². The largest absolute Gasteiger partial charge is 0.416 e. The van der Waals surface area contributed by atoms with Crippen LogP contribution in [-0.2, 0) is 11.0 Å². The molecule has 0 N–H and O–H groups in total. The normalized spacial score (nSPS) is 17.0. The van der Waals surface area contributed by atoms with E-state index in [1.165, 1.54) is 17.0 Å². The number of hydrogen-bond acceptors (Lipinski definition) is 2. The second-order valence-electron chi connectivity index (χ2n) is 5.26. The molecule has 1 aromatic carbocycles. The number of pyridine rings is 1. The number of anilines is 1. The molecule has 1 unspecified atom stereocenters. The van der Waals surface area contributed by atoms with Gasteiger partial charge in [-0.3, -0.25) is 9.78 Å². The molecule has 1 aliphatic heterocycles. The van der Waals surface area contributed by atoms with Crippen molar-refractivity contribution in [1.82, 2.24) is 4.98 Å². The number of nitrogens with zero attached hydrogens (tertiary/aromatic N) is 2. The molecule has 0 saturated carbocycles. The Balaban J connectivity index is 2.05. The number of aromatic nitrogens is 1. The third-order valence-electron chi connectivity index (χ3n) is 3.92. The van der Waals surface area contributed by atoms with Crippen molar-refractivity contribution < 1.29 is 18.0 Å². The highest BCUT2D eigenvalue weighted by molar-refractivity contribution is 6.03. The van der Waals surface area contributed by atoms with Crippen molar-refractivity contribution in [3.8, 4) is 0 Å². The Morgan fingerprint density at radius 3 is 2.83 bits per heavy atom. The SMILES string of the molecule is C=CC(=O)N1CC(c2cccc(C(F)(F)F)c2)c2cnccc21. The third kappa shape index (κ3) is 2.72. The minimum Gasteiger partial charge on any atom is -0.308 e. The molecule has 0 saturated heterocycles. The van der Waals surface area contributed by atoms with Crippen LogP contribution < -0.4 is 4.90 Å². The van der Waals surface area contributed by atoms with Crippen molar-refractivity contribution in [1.29, 1.82) is 0 Å². The number of carbonyl (C=O) groups excluding carboxylic acids is 1. The molecule has 0 radical (unpaired) electrons. The lowest BCUT2D eigenvalue weighted by Crippen LogP contribution is -2.28. The molecule has 0 spiro atoms. The smallest absolute Gasteiger partial charge is 0.308 e. The molecule has 0 aliphatic carbocycles. The fourth-order valence-electron chi connectivity index (χ4n) is 2.83. The fraction of sp³-hybridized carbons (Fsp3) is 0.176. The minimum atomic E-state index is -4.40. The van der Waals surface area contributed by atoms with Gasteiger partial charge in [0.25, 0.3) is 0 Å². The summed E-state index contributed by atoms with van der Waals surface area (Å²) >= 11 is 0. The Morgan fingerprint density at radius 2 is 2.13 bits per heavy atom. The molecule has 0 fully saturated rings. The zero-order chi connectivity index (χ0) is 16.6. The van der Waals surface area contributed by atoms with Crippen molar-refractivity contribution in [3.63, 3.8) is 0 Å². The second kappa shape index (κ2) is 5.53. The van der Waals surface area contributed by atoms with Gasteiger partial charge in [0.05, 0.1) is 11.3 Å². The zero-order valence-corrected chi connectivity index (χ0v) is 12.0. The number of hydrogen-bond donors (Lipinski definition) is 0. The Bertz CT molecular complexity index is 770. The van der Waals surface area contributed by atoms with Gasteiger partial charge in [0.1, 0.15) is 0 Å². The highest BCUT2D eigenvalue weighted by Crippen LogP contribution is 2.41. The number of benzene rings is 1. The van der Waals surface area contributed by atoms with Crippen LogP contribution >= 0.6 is 0 Å². The lowest BCUT2D eigenvalue weighted by molar-refractivity contribution is -0.137. The lowest BCUT2D eigenvalue weighted by Gasteiger charge is -2.16. The van der Waals surface area contributed by atoms with Gasteiger partial charge in [0.2, 0.25) is 5.91 Å². The first-order valence-electron chi connectivity index (χ1n) is 6.97. The Labute approximate surface area is 131 Å². The first kappa shape index (κ1) is 15.3. The summed E-state index contributed by atoms with van der Waals surface area (Å²) in [5, 5.41) is 0. The summed E-state index contributed by atoms with van der Waals surface area (Å²) in [7, 11) is 0. The fourth-order valence-corrected chi connectivity index (χ4v) is 2.83. The van der Waals surface area contributed by atoms with Crippen LogP contribution in [0.4, 0.5) is 18.9 Å². The van der Waals surface area contributed by atoms with Crippen molar-refractivity contribution in [2.24, 2.45) is 0 Å². The van der Waals surface area contributed by atoms with Crippen molar-refractivity contribution in [3.05, 3.63) is 72.1 Å². The zero-order valence-electron chi connectivity index (χ0n) is 12.0. The van der Waals surface area contributed by atoms with Gasteiger partial charge >= 0.3 is 6.18 Å². The van der Waals surface area contributed by atoms with E-state index in [1.54, 1.807) is 24.5 Å². The molecule has 23 heavy (non-hydrogen) atoms. The number of alkyl halides is 3. The first-order chi connectivity index (χ1) is 10.9. The van der Waals surface area contributed by atoms with Gasteiger partial charge in [-0.1, -0.05) is 24.8 Å². The average molecular weight is 318 g/mol. The van der Waals surface area contributed by atoms with E-state index < -0.39 is 11.7 Å². The van der Waals surface area contributed by atoms with Crippen molar-refractivity contribution in [2.45, 2.75) is 12.1 Å². The van der Waals surface area contributed by atoms with E-state index >= 15 is 0 Å². The molecule has 2 aromatic rings. The van der Waals surface area contributed by atoms with Crippen LogP contribution in [-0.4, -0.2) is 17.4 Å². The van der Waals surface area contributed by atoms with E-state index in [-0.39, 0.29) is 18.4 Å². The first-order valence-corrected chi connectivity index (χ1v) is 6.97. The van der Waals surface area contributed by atoms with Gasteiger partial charge < -0.3 is 4.90 Å². The van der Waals surface area contributed by atoms with Gasteiger partial charge in [-0.15, -0.1) is 0 Å². The maximum absolute atomic E-state index is 12.9. The number of amides is 1. The van der Waals surface area contributed by atoms with Gasteiger partial charge in [0.15, 0.2) is 0 Å². The molecule has 118 valence electrons. The van der Waals surface area contributed by atoms with Crippen LogP contribution in [0.1, 0.15) is 22.6 Å². The topological polar surface area (TPSA) is 33.2 Å². The quantitative estimate of drug-likeness (QED) is 0.790. The summed E-state index contributed by atoms with van der Waals surface area (Å²) in [6.45, 7) is 3.74. The number of rotatable bonds is 2. The summed E-state index contributed by atoms with van der Waals surface area (Å²) in [6.07, 6.45) is -0.0604. The Hall–Kier alpha value is -2.63. The molecule has 0 bridgehead atoms. The second-order valence-corrected chi connectivity index (χ2v) is 5.26. The molecule has 1 amide bonds.